The van der Waals surface area contributed by atoms with Crippen LogP contribution in [0.25, 0.3) is 0 Å². The Hall–Kier alpha value is -1.44. The van der Waals surface area contributed by atoms with Crippen LogP contribution in [-0.4, -0.2) is 35.0 Å². The SMILES string of the molecule is CC(C)C[C@H](CC(=O)ON)C(=O)N1CCC(O)(c2ccc(Br)cc2)CC1. The van der Waals surface area contributed by atoms with E-state index in [0.717, 1.165) is 10.0 Å². The Bertz CT molecular complexity index is 625. The molecule has 2 rings (SSSR count). The van der Waals surface area contributed by atoms with Crippen LogP contribution in [0.4, 0.5) is 0 Å². The summed E-state index contributed by atoms with van der Waals surface area (Å²) in [6.07, 6.45) is 1.52. The largest absolute Gasteiger partial charge is 0.385 e. The van der Waals surface area contributed by atoms with E-state index < -0.39 is 17.5 Å². The summed E-state index contributed by atoms with van der Waals surface area (Å²) in [7, 11) is 0. The Labute approximate surface area is 162 Å². The van der Waals surface area contributed by atoms with Gasteiger partial charge in [0, 0.05) is 23.5 Å². The van der Waals surface area contributed by atoms with E-state index in [1.807, 2.05) is 38.1 Å². The molecule has 26 heavy (non-hydrogen) atoms. The number of hydrogen-bond acceptors (Lipinski definition) is 5. The van der Waals surface area contributed by atoms with Crippen LogP contribution in [0.5, 0.6) is 0 Å². The van der Waals surface area contributed by atoms with Crippen molar-refractivity contribution in [2.75, 3.05) is 13.1 Å². The summed E-state index contributed by atoms with van der Waals surface area (Å²) in [6, 6.07) is 7.62. The second-order valence-corrected chi connectivity index (χ2v) is 8.30. The van der Waals surface area contributed by atoms with Gasteiger partial charge in [-0.05, 0) is 42.9 Å². The molecular weight excluding hydrogens is 400 g/mol. The summed E-state index contributed by atoms with van der Waals surface area (Å²) in [5.41, 5.74) is -0.0699. The number of nitrogens with two attached hydrogens (primary N) is 1. The number of aliphatic hydroxyl groups is 1. The van der Waals surface area contributed by atoms with Crippen molar-refractivity contribution < 1.29 is 19.5 Å². The molecule has 1 heterocycles. The highest BCUT2D eigenvalue weighted by Gasteiger charge is 2.37. The second-order valence-electron chi connectivity index (χ2n) is 7.38. The maximum atomic E-state index is 12.9. The summed E-state index contributed by atoms with van der Waals surface area (Å²) >= 11 is 3.40. The maximum absolute atomic E-state index is 12.9. The highest BCUT2D eigenvalue weighted by molar-refractivity contribution is 9.10. The minimum Gasteiger partial charge on any atom is -0.385 e. The zero-order valence-electron chi connectivity index (χ0n) is 15.3. The molecule has 144 valence electrons. The fourth-order valence-corrected chi connectivity index (χ4v) is 3.76. The Morgan fingerprint density at radius 1 is 1.27 bits per heavy atom. The van der Waals surface area contributed by atoms with E-state index >= 15 is 0 Å². The van der Waals surface area contributed by atoms with Crippen molar-refractivity contribution >= 4 is 27.8 Å². The van der Waals surface area contributed by atoms with Crippen molar-refractivity contribution in [2.24, 2.45) is 17.7 Å². The molecule has 0 aliphatic carbocycles. The van der Waals surface area contributed by atoms with Crippen molar-refractivity contribution in [3.8, 4) is 0 Å². The molecule has 1 aromatic carbocycles. The van der Waals surface area contributed by atoms with Crippen LogP contribution in [0.1, 0.15) is 45.1 Å². The molecule has 3 N–H and O–H groups in total. The minimum atomic E-state index is -0.929. The van der Waals surface area contributed by atoms with Crippen LogP contribution < -0.4 is 5.90 Å². The normalized spacial score (nSPS) is 17.8. The van der Waals surface area contributed by atoms with Crippen molar-refractivity contribution in [3.63, 3.8) is 0 Å². The summed E-state index contributed by atoms with van der Waals surface area (Å²) in [5, 5.41) is 11.0. The molecule has 1 saturated heterocycles. The van der Waals surface area contributed by atoms with Gasteiger partial charge in [0.1, 0.15) is 0 Å². The van der Waals surface area contributed by atoms with Crippen LogP contribution in [0.15, 0.2) is 28.7 Å². The van der Waals surface area contributed by atoms with Gasteiger partial charge in [0.15, 0.2) is 0 Å². The third-order valence-electron chi connectivity index (χ3n) is 4.93. The summed E-state index contributed by atoms with van der Waals surface area (Å²) in [6.45, 7) is 4.93. The quantitative estimate of drug-likeness (QED) is 0.682. The van der Waals surface area contributed by atoms with Gasteiger partial charge in [0.2, 0.25) is 5.91 Å². The van der Waals surface area contributed by atoms with Gasteiger partial charge in [0.25, 0.3) is 0 Å². The molecule has 1 fully saturated rings. The Balaban J connectivity index is 2.03. The van der Waals surface area contributed by atoms with Gasteiger partial charge in [-0.15, -0.1) is 0 Å². The summed E-state index contributed by atoms with van der Waals surface area (Å²) < 4.78 is 0.959. The van der Waals surface area contributed by atoms with Crippen LogP contribution in [0.2, 0.25) is 0 Å². The van der Waals surface area contributed by atoms with Gasteiger partial charge in [0.05, 0.1) is 12.0 Å². The molecule has 0 saturated carbocycles. The molecule has 0 aromatic heterocycles. The van der Waals surface area contributed by atoms with Crippen molar-refractivity contribution in [1.29, 1.82) is 0 Å². The highest BCUT2D eigenvalue weighted by atomic mass is 79.9. The fourth-order valence-electron chi connectivity index (χ4n) is 3.49. The van der Waals surface area contributed by atoms with Crippen LogP contribution in [0, 0.1) is 11.8 Å². The molecule has 6 nitrogen and oxygen atoms in total. The number of benzene rings is 1. The van der Waals surface area contributed by atoms with Gasteiger partial charge in [-0.25, -0.2) is 0 Å². The molecule has 0 radical (unpaired) electrons. The van der Waals surface area contributed by atoms with Crippen molar-refractivity contribution in [3.05, 3.63) is 34.3 Å². The summed E-state index contributed by atoms with van der Waals surface area (Å²) in [5.74, 6) is 4.12. The van der Waals surface area contributed by atoms with Gasteiger partial charge < -0.3 is 14.8 Å². The molecule has 1 aliphatic rings. The lowest BCUT2D eigenvalue weighted by Crippen LogP contribution is -2.47. The van der Waals surface area contributed by atoms with E-state index in [1.165, 1.54) is 0 Å². The van der Waals surface area contributed by atoms with Gasteiger partial charge in [-0.2, -0.15) is 5.90 Å². The first-order valence-corrected chi connectivity index (χ1v) is 9.71. The molecule has 1 atom stereocenters. The number of hydrogen-bond donors (Lipinski definition) is 2. The van der Waals surface area contributed by atoms with Crippen molar-refractivity contribution in [2.45, 2.75) is 45.1 Å². The van der Waals surface area contributed by atoms with Crippen LogP contribution in [-0.2, 0) is 20.0 Å². The lowest BCUT2D eigenvalue weighted by Gasteiger charge is -2.39. The number of nitrogens with zero attached hydrogens (tertiary/aromatic N) is 1. The Morgan fingerprint density at radius 2 is 1.85 bits per heavy atom. The van der Waals surface area contributed by atoms with E-state index in [1.54, 1.807) is 4.90 Å². The number of piperidine rings is 1. The van der Waals surface area contributed by atoms with E-state index in [2.05, 4.69) is 20.8 Å². The number of carbonyl (C=O) groups is 2. The molecule has 0 unspecified atom stereocenters. The second kappa shape index (κ2) is 8.97. The van der Waals surface area contributed by atoms with E-state index in [9.17, 15) is 14.7 Å². The van der Waals surface area contributed by atoms with Crippen LogP contribution >= 0.6 is 15.9 Å². The lowest BCUT2D eigenvalue weighted by atomic mass is 9.83. The molecule has 0 bridgehead atoms. The highest BCUT2D eigenvalue weighted by Crippen LogP contribution is 2.34. The first-order valence-electron chi connectivity index (χ1n) is 8.92. The van der Waals surface area contributed by atoms with Gasteiger partial charge in [-0.1, -0.05) is 41.9 Å². The number of halogens is 1. The monoisotopic (exact) mass is 426 g/mol. The third-order valence-corrected chi connectivity index (χ3v) is 5.46. The van der Waals surface area contributed by atoms with E-state index in [-0.39, 0.29) is 18.2 Å². The average molecular weight is 427 g/mol. The van der Waals surface area contributed by atoms with E-state index in [4.69, 9.17) is 5.90 Å². The van der Waals surface area contributed by atoms with E-state index in [0.29, 0.717) is 32.4 Å². The first-order chi connectivity index (χ1) is 12.2. The molecule has 7 heteroatoms. The predicted octanol–water partition coefficient (Wildman–Crippen LogP) is 2.73. The third kappa shape index (κ3) is 5.28. The van der Waals surface area contributed by atoms with Crippen molar-refractivity contribution in [1.82, 2.24) is 4.90 Å². The topological polar surface area (TPSA) is 92.9 Å². The first kappa shape index (κ1) is 20.9. The standard InChI is InChI=1S/C19H27BrN2O4/c1-13(2)11-14(12-17(23)26-21)18(24)22-9-7-19(25,8-10-22)15-3-5-16(20)6-4-15/h3-6,13-14,25H,7-12,21H2,1-2H3/t14-/m1/s1. The molecule has 1 aliphatic heterocycles. The number of rotatable bonds is 6. The Kier molecular flexibility index (Phi) is 7.20. The van der Waals surface area contributed by atoms with Gasteiger partial charge in [-0.3, -0.25) is 9.59 Å². The zero-order chi connectivity index (χ0) is 19.3. The van der Waals surface area contributed by atoms with Gasteiger partial charge >= 0.3 is 5.97 Å². The smallest absolute Gasteiger partial charge is 0.325 e. The molecular formula is C19H27BrN2O4. The predicted molar refractivity (Wildman–Crippen MR) is 102 cm³/mol. The zero-order valence-corrected chi connectivity index (χ0v) is 16.9. The lowest BCUT2D eigenvalue weighted by molar-refractivity contribution is -0.151. The number of carbonyl (C=O) groups excluding carboxylic acids is 2. The number of amides is 1. The summed E-state index contributed by atoms with van der Waals surface area (Å²) in [4.78, 5) is 30.4. The number of likely N-dealkylation sites (tertiary alicyclic amines) is 1. The maximum Gasteiger partial charge on any atom is 0.325 e. The minimum absolute atomic E-state index is 0.0129. The Morgan fingerprint density at radius 3 is 2.35 bits per heavy atom. The fraction of sp³-hybridized carbons (Fsp3) is 0.579. The molecule has 1 amide bonds. The average Bonchev–Trinajstić information content (AvgIpc) is 2.61. The molecule has 1 aromatic rings. The van der Waals surface area contributed by atoms with Crippen LogP contribution in [0.3, 0.4) is 0 Å². The molecule has 0 spiro atoms.